The van der Waals surface area contributed by atoms with Crippen LogP contribution in [-0.4, -0.2) is 57.9 Å². The first-order valence-corrected chi connectivity index (χ1v) is 12.6. The molecular weight excluding hydrogens is 466 g/mol. The molecule has 1 fully saturated rings. The summed E-state index contributed by atoms with van der Waals surface area (Å²) in [5.41, 5.74) is 8.53. The SMILES string of the molecule is CC(C)(O)CN1CCC(Oc2ccc(C(=N)c3cc(C(=O)NCc4ccccn4)ccc3N)cc2)CC1. The van der Waals surface area contributed by atoms with E-state index in [2.05, 4.69) is 15.2 Å². The number of aliphatic hydroxyl groups is 1. The number of nitrogens with one attached hydrogen (secondary N) is 2. The first-order chi connectivity index (χ1) is 17.7. The molecule has 194 valence electrons. The number of ether oxygens (including phenoxy) is 1. The van der Waals surface area contributed by atoms with Gasteiger partial charge < -0.3 is 25.8 Å². The highest BCUT2D eigenvalue weighted by atomic mass is 16.5. The maximum absolute atomic E-state index is 12.7. The number of carbonyl (C=O) groups is 1. The number of pyridine rings is 1. The minimum atomic E-state index is -0.694. The van der Waals surface area contributed by atoms with Crippen molar-refractivity contribution in [1.29, 1.82) is 5.41 Å². The summed E-state index contributed by atoms with van der Waals surface area (Å²) >= 11 is 0. The van der Waals surface area contributed by atoms with Gasteiger partial charge >= 0.3 is 0 Å². The Hall–Kier alpha value is -3.75. The van der Waals surface area contributed by atoms with Crippen LogP contribution in [-0.2, 0) is 6.54 Å². The molecule has 4 rings (SSSR count). The van der Waals surface area contributed by atoms with Crippen molar-refractivity contribution in [2.24, 2.45) is 0 Å². The molecule has 8 nitrogen and oxygen atoms in total. The second-order valence-corrected chi connectivity index (χ2v) is 10.1. The highest BCUT2D eigenvalue weighted by Gasteiger charge is 2.25. The number of carbonyl (C=O) groups excluding carboxylic acids is 1. The Morgan fingerprint density at radius 3 is 2.49 bits per heavy atom. The lowest BCUT2D eigenvalue weighted by molar-refractivity contribution is 0.0140. The van der Waals surface area contributed by atoms with Gasteiger partial charge in [-0.25, -0.2) is 0 Å². The van der Waals surface area contributed by atoms with Gasteiger partial charge in [0.25, 0.3) is 5.91 Å². The Balaban J connectivity index is 1.35. The van der Waals surface area contributed by atoms with Crippen molar-refractivity contribution in [3.63, 3.8) is 0 Å². The Labute approximate surface area is 218 Å². The Bertz CT molecular complexity index is 1210. The van der Waals surface area contributed by atoms with Gasteiger partial charge in [-0.1, -0.05) is 6.07 Å². The number of benzene rings is 2. The van der Waals surface area contributed by atoms with Gasteiger partial charge in [-0.15, -0.1) is 0 Å². The molecule has 8 heteroatoms. The number of β-amino-alcohol motifs (C(OH)–C–C–N with tert-alkyl or cyclic N) is 1. The number of rotatable bonds is 9. The third kappa shape index (κ3) is 7.38. The molecule has 3 aromatic rings. The molecule has 1 aromatic heterocycles. The van der Waals surface area contributed by atoms with Gasteiger partial charge in [0.2, 0.25) is 0 Å². The average molecular weight is 502 g/mol. The lowest BCUT2D eigenvalue weighted by Gasteiger charge is -2.35. The Morgan fingerprint density at radius 1 is 1.14 bits per heavy atom. The van der Waals surface area contributed by atoms with E-state index < -0.39 is 5.60 Å². The first kappa shape index (κ1) is 26.3. The second-order valence-electron chi connectivity index (χ2n) is 10.1. The van der Waals surface area contributed by atoms with Crippen molar-refractivity contribution >= 4 is 17.3 Å². The van der Waals surface area contributed by atoms with Gasteiger partial charge in [0.15, 0.2) is 0 Å². The number of nitrogen functional groups attached to an aromatic ring is 1. The molecule has 2 heterocycles. The van der Waals surface area contributed by atoms with E-state index in [9.17, 15) is 9.90 Å². The number of anilines is 1. The smallest absolute Gasteiger partial charge is 0.251 e. The maximum atomic E-state index is 12.7. The molecule has 0 radical (unpaired) electrons. The van der Waals surface area contributed by atoms with E-state index >= 15 is 0 Å². The summed E-state index contributed by atoms with van der Waals surface area (Å²) < 4.78 is 6.17. The van der Waals surface area contributed by atoms with Gasteiger partial charge in [0, 0.05) is 48.2 Å². The van der Waals surface area contributed by atoms with Crippen LogP contribution in [0.1, 0.15) is 53.9 Å². The summed E-state index contributed by atoms with van der Waals surface area (Å²) in [5.74, 6) is 0.505. The monoisotopic (exact) mass is 501 g/mol. The lowest BCUT2D eigenvalue weighted by atomic mass is 9.98. The Morgan fingerprint density at radius 2 is 1.84 bits per heavy atom. The predicted molar refractivity (Wildman–Crippen MR) is 145 cm³/mol. The molecule has 1 aliphatic heterocycles. The number of amides is 1. The van der Waals surface area contributed by atoms with Crippen LogP contribution in [0.4, 0.5) is 5.69 Å². The number of nitrogens with zero attached hydrogens (tertiary/aromatic N) is 2. The van der Waals surface area contributed by atoms with E-state index in [1.165, 1.54) is 0 Å². The third-order valence-corrected chi connectivity index (χ3v) is 6.33. The van der Waals surface area contributed by atoms with Gasteiger partial charge in [0.05, 0.1) is 23.6 Å². The fourth-order valence-electron chi connectivity index (χ4n) is 4.47. The van der Waals surface area contributed by atoms with Gasteiger partial charge in [-0.3, -0.25) is 15.2 Å². The van der Waals surface area contributed by atoms with Crippen molar-refractivity contribution in [3.8, 4) is 5.75 Å². The number of hydrogen-bond acceptors (Lipinski definition) is 7. The second kappa shape index (κ2) is 11.5. The zero-order chi connectivity index (χ0) is 26.4. The fourth-order valence-corrected chi connectivity index (χ4v) is 4.47. The highest BCUT2D eigenvalue weighted by Crippen LogP contribution is 2.23. The minimum absolute atomic E-state index is 0.125. The van der Waals surface area contributed by atoms with Gasteiger partial charge in [0.1, 0.15) is 11.9 Å². The molecule has 0 unspecified atom stereocenters. The van der Waals surface area contributed by atoms with Gasteiger partial charge in [-0.05, 0) is 81.3 Å². The van der Waals surface area contributed by atoms with E-state index in [1.807, 2.05) is 56.3 Å². The van der Waals surface area contributed by atoms with Crippen LogP contribution in [0.3, 0.4) is 0 Å². The molecule has 1 saturated heterocycles. The largest absolute Gasteiger partial charge is 0.490 e. The summed E-state index contributed by atoms with van der Waals surface area (Å²) in [6, 6.07) is 17.9. The van der Waals surface area contributed by atoms with Crippen LogP contribution in [0.2, 0.25) is 0 Å². The fraction of sp³-hybridized carbons (Fsp3) is 0.345. The topological polar surface area (TPSA) is 125 Å². The summed E-state index contributed by atoms with van der Waals surface area (Å²) in [5, 5.41) is 21.6. The van der Waals surface area contributed by atoms with Crippen molar-refractivity contribution in [1.82, 2.24) is 15.2 Å². The lowest BCUT2D eigenvalue weighted by Crippen LogP contribution is -2.45. The molecule has 1 amide bonds. The molecule has 1 aliphatic rings. The Kier molecular flexibility index (Phi) is 8.21. The molecular formula is C29H35N5O3. The van der Waals surface area contributed by atoms with Gasteiger partial charge in [-0.2, -0.15) is 0 Å². The molecule has 0 saturated carbocycles. The van der Waals surface area contributed by atoms with Crippen LogP contribution in [0.15, 0.2) is 66.9 Å². The minimum Gasteiger partial charge on any atom is -0.490 e. The molecule has 37 heavy (non-hydrogen) atoms. The molecule has 0 aliphatic carbocycles. The normalized spacial score (nSPS) is 14.8. The van der Waals surface area contributed by atoms with Crippen LogP contribution >= 0.6 is 0 Å². The van der Waals surface area contributed by atoms with E-state index in [0.717, 1.165) is 37.4 Å². The quantitative estimate of drug-likeness (QED) is 0.262. The zero-order valence-electron chi connectivity index (χ0n) is 21.4. The summed E-state index contributed by atoms with van der Waals surface area (Å²) in [6.07, 6.45) is 3.61. The number of hydrogen-bond donors (Lipinski definition) is 4. The van der Waals surface area contributed by atoms with Crippen molar-refractivity contribution in [2.75, 3.05) is 25.4 Å². The number of nitrogens with two attached hydrogens (primary N) is 1. The van der Waals surface area contributed by atoms with Crippen LogP contribution in [0, 0.1) is 5.41 Å². The summed E-state index contributed by atoms with van der Waals surface area (Å²) in [6.45, 7) is 6.42. The van der Waals surface area contributed by atoms with E-state index in [-0.39, 0.29) is 17.7 Å². The predicted octanol–water partition coefficient (Wildman–Crippen LogP) is 3.62. The number of likely N-dealkylation sites (tertiary alicyclic amines) is 1. The van der Waals surface area contributed by atoms with E-state index in [1.54, 1.807) is 24.4 Å². The van der Waals surface area contributed by atoms with E-state index in [4.69, 9.17) is 15.9 Å². The van der Waals surface area contributed by atoms with Crippen molar-refractivity contribution in [2.45, 2.75) is 44.9 Å². The molecule has 0 atom stereocenters. The summed E-state index contributed by atoms with van der Waals surface area (Å²) in [4.78, 5) is 19.2. The van der Waals surface area contributed by atoms with Crippen LogP contribution in [0.25, 0.3) is 0 Å². The van der Waals surface area contributed by atoms with Crippen molar-refractivity contribution in [3.05, 3.63) is 89.2 Å². The summed E-state index contributed by atoms with van der Waals surface area (Å²) in [7, 11) is 0. The molecule has 0 bridgehead atoms. The average Bonchev–Trinajstić information content (AvgIpc) is 2.88. The molecule has 2 aromatic carbocycles. The standard InChI is InChI=1S/C29H35N5O3/c1-29(2,36)19-34-15-12-24(13-16-34)37-23-9-6-20(7-10-23)27(31)25-17-21(8-11-26(25)30)28(35)33-18-22-5-3-4-14-32-22/h3-11,14,17,24,31,36H,12-13,15-16,18-19,30H2,1-2H3,(H,33,35). The maximum Gasteiger partial charge on any atom is 0.251 e. The number of piperidine rings is 1. The highest BCUT2D eigenvalue weighted by molar-refractivity contribution is 6.14. The zero-order valence-corrected chi connectivity index (χ0v) is 21.4. The number of aromatic nitrogens is 1. The van der Waals surface area contributed by atoms with Crippen LogP contribution in [0.5, 0.6) is 5.75 Å². The first-order valence-electron chi connectivity index (χ1n) is 12.6. The van der Waals surface area contributed by atoms with E-state index in [0.29, 0.717) is 35.5 Å². The molecule has 0 spiro atoms. The molecule has 5 N–H and O–H groups in total. The van der Waals surface area contributed by atoms with Crippen molar-refractivity contribution < 1.29 is 14.6 Å². The third-order valence-electron chi connectivity index (χ3n) is 6.33. The van der Waals surface area contributed by atoms with Crippen LogP contribution < -0.4 is 15.8 Å².